The Morgan fingerprint density at radius 1 is 1.20 bits per heavy atom. The molecule has 0 atom stereocenters. The van der Waals surface area contributed by atoms with Crippen molar-refractivity contribution in [2.24, 2.45) is 0 Å². The van der Waals surface area contributed by atoms with Gasteiger partial charge in [0.05, 0.1) is 5.69 Å². The summed E-state index contributed by atoms with van der Waals surface area (Å²) in [5, 5.41) is 2.30. The Labute approximate surface area is 149 Å². The molecule has 0 spiro atoms. The zero-order chi connectivity index (χ0) is 18.1. The summed E-state index contributed by atoms with van der Waals surface area (Å²) in [4.78, 5) is 26.0. The summed E-state index contributed by atoms with van der Waals surface area (Å²) in [5.41, 5.74) is 0.606. The summed E-state index contributed by atoms with van der Waals surface area (Å²) >= 11 is 5.05. The van der Waals surface area contributed by atoms with E-state index in [4.69, 9.17) is 12.2 Å². The lowest BCUT2D eigenvalue weighted by Gasteiger charge is -2.29. The Morgan fingerprint density at radius 2 is 1.92 bits per heavy atom. The van der Waals surface area contributed by atoms with Crippen LogP contribution in [0.25, 0.3) is 6.08 Å². The number of carbonyl (C=O) groups is 2. The van der Waals surface area contributed by atoms with Crippen molar-refractivity contribution in [3.63, 3.8) is 0 Å². The van der Waals surface area contributed by atoms with Crippen LogP contribution in [0.15, 0.2) is 48.3 Å². The molecule has 2 aromatic rings. The smallest absolute Gasteiger partial charge is 0.270 e. The van der Waals surface area contributed by atoms with Crippen LogP contribution in [0.5, 0.6) is 0 Å². The maximum atomic E-state index is 14.1. The first-order valence-electron chi connectivity index (χ1n) is 7.72. The maximum Gasteiger partial charge on any atom is 0.270 e. The van der Waals surface area contributed by atoms with Crippen LogP contribution < -0.4 is 10.2 Å². The van der Waals surface area contributed by atoms with E-state index in [1.54, 1.807) is 12.1 Å². The van der Waals surface area contributed by atoms with Gasteiger partial charge in [0.1, 0.15) is 11.4 Å². The van der Waals surface area contributed by atoms with Crippen molar-refractivity contribution in [2.75, 3.05) is 4.90 Å². The second-order valence-corrected chi connectivity index (χ2v) is 6.28. The number of hydrogen-bond acceptors (Lipinski definition) is 3. The molecule has 0 unspecified atom stereocenters. The molecule has 1 aliphatic heterocycles. The SMILES string of the molecule is CC(C)n1ccc(/C=C2/C(=O)NC(=S)N(c3ccccc3F)C2=O)c1. The number of nitrogens with one attached hydrogen (secondary N) is 1. The number of hydrogen-bond donors (Lipinski definition) is 1. The molecule has 0 radical (unpaired) electrons. The number of halogens is 1. The van der Waals surface area contributed by atoms with E-state index in [9.17, 15) is 14.0 Å². The minimum atomic E-state index is -0.656. The number of nitrogens with zero attached hydrogens (tertiary/aromatic N) is 2. The van der Waals surface area contributed by atoms with E-state index in [1.807, 2.05) is 30.8 Å². The molecule has 1 fully saturated rings. The summed E-state index contributed by atoms with van der Waals surface area (Å²) in [6, 6.07) is 7.83. The van der Waals surface area contributed by atoms with Crippen LogP contribution in [0, 0.1) is 5.82 Å². The molecule has 5 nitrogen and oxygen atoms in total. The number of aromatic nitrogens is 1. The molecule has 0 aliphatic carbocycles. The van der Waals surface area contributed by atoms with Crippen LogP contribution in [0.4, 0.5) is 10.1 Å². The third-order valence-corrected chi connectivity index (χ3v) is 4.12. The summed E-state index contributed by atoms with van der Waals surface area (Å²) in [6.45, 7) is 4.04. The third kappa shape index (κ3) is 3.23. The summed E-state index contributed by atoms with van der Waals surface area (Å²) in [6.07, 6.45) is 5.17. The van der Waals surface area contributed by atoms with E-state index < -0.39 is 17.6 Å². The first-order chi connectivity index (χ1) is 11.9. The van der Waals surface area contributed by atoms with Crippen LogP contribution in [0.3, 0.4) is 0 Å². The van der Waals surface area contributed by atoms with E-state index >= 15 is 0 Å². The molecule has 2 heterocycles. The quantitative estimate of drug-likeness (QED) is 0.522. The van der Waals surface area contributed by atoms with Gasteiger partial charge in [-0.15, -0.1) is 0 Å². The molecule has 3 rings (SSSR count). The average molecular weight is 357 g/mol. The zero-order valence-electron chi connectivity index (χ0n) is 13.7. The molecule has 1 aromatic carbocycles. The number of thiocarbonyl (C=S) groups is 1. The monoisotopic (exact) mass is 357 g/mol. The maximum absolute atomic E-state index is 14.1. The molecule has 25 heavy (non-hydrogen) atoms. The van der Waals surface area contributed by atoms with Gasteiger partial charge in [0, 0.05) is 18.4 Å². The van der Waals surface area contributed by atoms with E-state index in [2.05, 4.69) is 5.32 Å². The van der Waals surface area contributed by atoms with Crippen LogP contribution in [0.2, 0.25) is 0 Å². The second-order valence-electron chi connectivity index (χ2n) is 5.90. The molecule has 1 aliphatic rings. The van der Waals surface area contributed by atoms with Gasteiger partial charge in [-0.2, -0.15) is 0 Å². The summed E-state index contributed by atoms with van der Waals surface area (Å²) in [5.74, 6) is -1.85. The number of amides is 2. The molecule has 0 saturated carbocycles. The van der Waals surface area contributed by atoms with Crippen LogP contribution in [-0.4, -0.2) is 21.5 Å². The molecule has 7 heteroatoms. The lowest BCUT2D eigenvalue weighted by molar-refractivity contribution is -0.122. The minimum Gasteiger partial charge on any atom is -0.351 e. The number of anilines is 1. The average Bonchev–Trinajstić information content (AvgIpc) is 3.02. The van der Waals surface area contributed by atoms with Gasteiger partial charge < -0.3 is 4.57 Å². The van der Waals surface area contributed by atoms with Crippen molar-refractivity contribution in [1.82, 2.24) is 9.88 Å². The first-order valence-corrected chi connectivity index (χ1v) is 8.13. The van der Waals surface area contributed by atoms with E-state index in [1.165, 1.54) is 24.3 Å². The van der Waals surface area contributed by atoms with Gasteiger partial charge in [-0.05, 0) is 55.9 Å². The molecule has 1 N–H and O–H groups in total. The van der Waals surface area contributed by atoms with Crippen molar-refractivity contribution in [2.45, 2.75) is 19.9 Å². The minimum absolute atomic E-state index is 0.00292. The van der Waals surface area contributed by atoms with Crippen molar-refractivity contribution >= 4 is 40.9 Å². The van der Waals surface area contributed by atoms with Crippen molar-refractivity contribution < 1.29 is 14.0 Å². The number of carbonyl (C=O) groups excluding carboxylic acids is 2. The van der Waals surface area contributed by atoms with Gasteiger partial charge >= 0.3 is 0 Å². The fourth-order valence-electron chi connectivity index (χ4n) is 2.51. The highest BCUT2D eigenvalue weighted by Gasteiger charge is 2.35. The lowest BCUT2D eigenvalue weighted by Crippen LogP contribution is -2.54. The topological polar surface area (TPSA) is 54.3 Å². The van der Waals surface area contributed by atoms with E-state index in [0.717, 1.165) is 4.90 Å². The molecule has 1 aromatic heterocycles. The molecule has 1 saturated heterocycles. The van der Waals surface area contributed by atoms with E-state index in [-0.39, 0.29) is 22.4 Å². The summed E-state index contributed by atoms with van der Waals surface area (Å²) < 4.78 is 16.0. The van der Waals surface area contributed by atoms with Crippen LogP contribution in [-0.2, 0) is 9.59 Å². The Hall–Kier alpha value is -2.80. The normalized spacial score (nSPS) is 16.7. The predicted octanol–water partition coefficient (Wildman–Crippen LogP) is 3.04. The molecule has 128 valence electrons. The van der Waals surface area contributed by atoms with Gasteiger partial charge in [-0.25, -0.2) is 9.29 Å². The Kier molecular flexibility index (Phi) is 4.50. The largest absolute Gasteiger partial charge is 0.351 e. The van der Waals surface area contributed by atoms with Gasteiger partial charge in [-0.1, -0.05) is 12.1 Å². The summed E-state index contributed by atoms with van der Waals surface area (Å²) in [7, 11) is 0. The molecular weight excluding hydrogens is 341 g/mol. The zero-order valence-corrected chi connectivity index (χ0v) is 14.5. The van der Waals surface area contributed by atoms with Gasteiger partial charge in [-0.3, -0.25) is 14.9 Å². The fraction of sp³-hybridized carbons (Fsp3) is 0.167. The Bertz CT molecular complexity index is 901. The molecular formula is C18H16FN3O2S. The highest BCUT2D eigenvalue weighted by atomic mass is 32.1. The van der Waals surface area contributed by atoms with Crippen LogP contribution in [0.1, 0.15) is 25.5 Å². The van der Waals surface area contributed by atoms with Gasteiger partial charge in [0.2, 0.25) is 0 Å². The van der Waals surface area contributed by atoms with Gasteiger partial charge in [0.25, 0.3) is 11.8 Å². The molecule has 2 amide bonds. The second kappa shape index (κ2) is 6.60. The fourth-order valence-corrected chi connectivity index (χ4v) is 2.79. The standard InChI is InChI=1S/C18H16FN3O2S/c1-11(2)21-8-7-12(10-21)9-13-16(23)20-18(25)22(17(13)24)15-6-4-3-5-14(15)19/h3-11H,1-2H3,(H,20,23,25)/b13-9-. The highest BCUT2D eigenvalue weighted by molar-refractivity contribution is 7.80. The third-order valence-electron chi connectivity index (χ3n) is 3.84. The Morgan fingerprint density at radius 3 is 2.56 bits per heavy atom. The van der Waals surface area contributed by atoms with Crippen molar-refractivity contribution in [3.05, 3.63) is 59.7 Å². The van der Waals surface area contributed by atoms with Crippen molar-refractivity contribution in [3.8, 4) is 0 Å². The lowest BCUT2D eigenvalue weighted by atomic mass is 10.1. The highest BCUT2D eigenvalue weighted by Crippen LogP contribution is 2.24. The van der Waals surface area contributed by atoms with Crippen LogP contribution >= 0.6 is 12.2 Å². The van der Waals surface area contributed by atoms with E-state index in [0.29, 0.717) is 5.56 Å². The first kappa shape index (κ1) is 17.0. The number of benzene rings is 1. The predicted molar refractivity (Wildman–Crippen MR) is 97.4 cm³/mol. The van der Waals surface area contributed by atoms with Crippen molar-refractivity contribution in [1.29, 1.82) is 0 Å². The number of para-hydroxylation sites is 1. The number of rotatable bonds is 3. The van der Waals surface area contributed by atoms with Gasteiger partial charge in [0.15, 0.2) is 5.11 Å². The molecule has 0 bridgehead atoms. The Balaban J connectivity index is 2.00.